The Morgan fingerprint density at radius 3 is 2.07 bits per heavy atom. The first-order valence-electron chi connectivity index (χ1n) is 3.76. The molecule has 6 heteroatoms. The van der Waals surface area contributed by atoms with E-state index in [0.717, 1.165) is 0 Å². The van der Waals surface area contributed by atoms with Gasteiger partial charge in [-0.25, -0.2) is 4.79 Å². The molecule has 0 aromatic heterocycles. The van der Waals surface area contributed by atoms with Crippen molar-refractivity contribution in [1.29, 1.82) is 5.26 Å². The lowest BCUT2D eigenvalue weighted by Crippen LogP contribution is -2.03. The lowest BCUT2D eigenvalue weighted by molar-refractivity contribution is -0.137. The van der Waals surface area contributed by atoms with E-state index in [4.69, 9.17) is 20.6 Å². The van der Waals surface area contributed by atoms with Gasteiger partial charge >= 0.3 is 11.9 Å². The minimum absolute atomic E-state index is 0.0969. The van der Waals surface area contributed by atoms with Crippen molar-refractivity contribution in [2.75, 3.05) is 0 Å². The van der Waals surface area contributed by atoms with Crippen LogP contribution >= 0.6 is 0 Å². The molecule has 0 aromatic rings. The Balaban J connectivity index is 4.30. The van der Waals surface area contributed by atoms with E-state index in [1.165, 1.54) is 6.07 Å². The van der Waals surface area contributed by atoms with Crippen molar-refractivity contribution >= 4 is 11.9 Å². The Kier molecular flexibility index (Phi) is 4.78. The zero-order chi connectivity index (χ0) is 11.1. The van der Waals surface area contributed by atoms with Crippen LogP contribution < -0.4 is 0 Å². The van der Waals surface area contributed by atoms with E-state index in [-0.39, 0.29) is 19.3 Å². The topological polar surface area (TPSA) is 119 Å². The van der Waals surface area contributed by atoms with Crippen molar-refractivity contribution in [3.63, 3.8) is 0 Å². The molecule has 76 valence electrons. The number of carbonyl (C=O) groups is 2. The SMILES string of the molecule is N#C/C(C(=O)O)=C(/O)CCCC(=O)O. The maximum atomic E-state index is 10.3. The van der Waals surface area contributed by atoms with Gasteiger partial charge in [0.15, 0.2) is 5.57 Å². The van der Waals surface area contributed by atoms with Gasteiger partial charge in [-0.15, -0.1) is 0 Å². The highest BCUT2D eigenvalue weighted by molar-refractivity contribution is 5.91. The van der Waals surface area contributed by atoms with Gasteiger partial charge in [-0.2, -0.15) is 5.26 Å². The number of hydrogen-bond acceptors (Lipinski definition) is 4. The standard InChI is InChI=1S/C8H9NO5/c9-4-5(8(13)14)6(10)2-1-3-7(11)12/h10H,1-3H2,(H,11,12)(H,13,14)/b6-5-. The lowest BCUT2D eigenvalue weighted by Gasteiger charge is -1.98. The van der Waals surface area contributed by atoms with E-state index in [2.05, 4.69) is 0 Å². The van der Waals surface area contributed by atoms with Gasteiger partial charge in [0, 0.05) is 12.8 Å². The van der Waals surface area contributed by atoms with Gasteiger partial charge in [0.2, 0.25) is 0 Å². The first-order chi connectivity index (χ1) is 6.49. The van der Waals surface area contributed by atoms with Gasteiger partial charge in [0.1, 0.15) is 11.8 Å². The number of aliphatic hydroxyl groups is 1. The summed E-state index contributed by atoms with van der Waals surface area (Å²) < 4.78 is 0. The third-order valence-corrected chi connectivity index (χ3v) is 1.42. The van der Waals surface area contributed by atoms with Crippen molar-refractivity contribution in [3.05, 3.63) is 11.3 Å². The van der Waals surface area contributed by atoms with Gasteiger partial charge in [-0.05, 0) is 6.42 Å². The molecule has 0 atom stereocenters. The minimum Gasteiger partial charge on any atom is -0.511 e. The Hall–Kier alpha value is -2.03. The van der Waals surface area contributed by atoms with Crippen LogP contribution in [-0.4, -0.2) is 27.3 Å². The predicted octanol–water partition coefficient (Wildman–Crippen LogP) is 0.662. The maximum absolute atomic E-state index is 10.3. The first kappa shape index (κ1) is 12.0. The molecule has 0 fully saturated rings. The van der Waals surface area contributed by atoms with Crippen molar-refractivity contribution in [1.82, 2.24) is 0 Å². The molecule has 0 spiro atoms. The Morgan fingerprint density at radius 2 is 1.71 bits per heavy atom. The summed E-state index contributed by atoms with van der Waals surface area (Å²) in [4.78, 5) is 20.4. The van der Waals surface area contributed by atoms with Gasteiger partial charge < -0.3 is 15.3 Å². The summed E-state index contributed by atoms with van der Waals surface area (Å²) in [6.07, 6.45) is -0.205. The number of allylic oxidation sites excluding steroid dienone is 1. The van der Waals surface area contributed by atoms with E-state index in [1.807, 2.05) is 0 Å². The molecule has 0 bridgehead atoms. The summed E-state index contributed by atoms with van der Waals surface area (Å²) in [5, 5.41) is 34.0. The molecule has 3 N–H and O–H groups in total. The van der Waals surface area contributed by atoms with Crippen LogP contribution in [0.25, 0.3) is 0 Å². The number of carboxylic acids is 2. The second-order valence-corrected chi connectivity index (χ2v) is 2.49. The second kappa shape index (κ2) is 5.59. The normalized spacial score (nSPS) is 11.4. The average Bonchev–Trinajstić information content (AvgIpc) is 2.03. The van der Waals surface area contributed by atoms with E-state index in [0.29, 0.717) is 0 Å². The molecule has 0 aliphatic carbocycles. The van der Waals surface area contributed by atoms with Crippen LogP contribution in [0, 0.1) is 11.3 Å². The largest absolute Gasteiger partial charge is 0.511 e. The van der Waals surface area contributed by atoms with Crippen LogP contribution in [0.3, 0.4) is 0 Å². The van der Waals surface area contributed by atoms with Gasteiger partial charge in [0.25, 0.3) is 0 Å². The summed E-state index contributed by atoms with van der Waals surface area (Å²) >= 11 is 0. The molecule has 0 saturated heterocycles. The molecule has 0 heterocycles. The summed E-state index contributed by atoms with van der Waals surface area (Å²) in [7, 11) is 0. The van der Waals surface area contributed by atoms with Gasteiger partial charge in [-0.1, -0.05) is 0 Å². The molecule has 0 rings (SSSR count). The smallest absolute Gasteiger partial charge is 0.349 e. The van der Waals surface area contributed by atoms with Crippen LogP contribution in [0.15, 0.2) is 11.3 Å². The van der Waals surface area contributed by atoms with Crippen LogP contribution in [0.1, 0.15) is 19.3 Å². The molecule has 14 heavy (non-hydrogen) atoms. The molecule has 0 aromatic carbocycles. The summed E-state index contributed by atoms with van der Waals surface area (Å²) in [6.45, 7) is 0. The average molecular weight is 199 g/mol. The summed E-state index contributed by atoms with van der Waals surface area (Å²) in [5.74, 6) is -3.13. The van der Waals surface area contributed by atoms with E-state index in [9.17, 15) is 9.59 Å². The summed E-state index contributed by atoms with van der Waals surface area (Å²) in [6, 6.07) is 1.32. The van der Waals surface area contributed by atoms with E-state index in [1.54, 1.807) is 0 Å². The molecule has 0 aliphatic heterocycles. The minimum atomic E-state index is -1.51. The number of aliphatic hydroxyl groups excluding tert-OH is 1. The number of nitrogens with zero attached hydrogens (tertiary/aromatic N) is 1. The third-order valence-electron chi connectivity index (χ3n) is 1.42. The molecule has 0 amide bonds. The van der Waals surface area contributed by atoms with Crippen molar-refractivity contribution in [2.24, 2.45) is 0 Å². The Bertz CT molecular complexity index is 312. The Morgan fingerprint density at radius 1 is 1.14 bits per heavy atom. The fourth-order valence-corrected chi connectivity index (χ4v) is 0.768. The highest BCUT2D eigenvalue weighted by Gasteiger charge is 2.13. The number of aliphatic carboxylic acids is 2. The summed E-state index contributed by atoms with van der Waals surface area (Å²) in [5.41, 5.74) is -0.740. The van der Waals surface area contributed by atoms with Crippen molar-refractivity contribution in [3.8, 4) is 6.07 Å². The van der Waals surface area contributed by atoms with Crippen molar-refractivity contribution < 1.29 is 24.9 Å². The number of carboxylic acid groups (broad SMARTS) is 2. The van der Waals surface area contributed by atoms with E-state index >= 15 is 0 Å². The van der Waals surface area contributed by atoms with Crippen LogP contribution in [0.2, 0.25) is 0 Å². The quantitative estimate of drug-likeness (QED) is 0.340. The lowest BCUT2D eigenvalue weighted by atomic mass is 10.1. The zero-order valence-electron chi connectivity index (χ0n) is 7.23. The first-order valence-corrected chi connectivity index (χ1v) is 3.76. The fraction of sp³-hybridized carbons (Fsp3) is 0.375. The number of hydrogen-bond donors (Lipinski definition) is 3. The van der Waals surface area contributed by atoms with Crippen LogP contribution in [-0.2, 0) is 9.59 Å². The molecular weight excluding hydrogens is 190 g/mol. The van der Waals surface area contributed by atoms with Crippen LogP contribution in [0.5, 0.6) is 0 Å². The second-order valence-electron chi connectivity index (χ2n) is 2.49. The maximum Gasteiger partial charge on any atom is 0.349 e. The van der Waals surface area contributed by atoms with Gasteiger partial charge in [-0.3, -0.25) is 4.79 Å². The predicted molar refractivity (Wildman–Crippen MR) is 44.4 cm³/mol. The van der Waals surface area contributed by atoms with Gasteiger partial charge in [0.05, 0.1) is 0 Å². The fourth-order valence-electron chi connectivity index (χ4n) is 0.768. The molecule has 0 unspecified atom stereocenters. The Labute approximate surface area is 79.7 Å². The highest BCUT2D eigenvalue weighted by Crippen LogP contribution is 2.09. The number of nitriles is 1. The highest BCUT2D eigenvalue weighted by atomic mass is 16.4. The third kappa shape index (κ3) is 4.11. The molecule has 0 radical (unpaired) electrons. The van der Waals surface area contributed by atoms with Crippen molar-refractivity contribution in [2.45, 2.75) is 19.3 Å². The van der Waals surface area contributed by atoms with Crippen LogP contribution in [0.4, 0.5) is 0 Å². The molecular formula is C8H9NO5. The zero-order valence-corrected chi connectivity index (χ0v) is 7.23. The monoisotopic (exact) mass is 199 g/mol. The molecule has 0 saturated carbocycles. The number of rotatable bonds is 5. The van der Waals surface area contributed by atoms with E-state index < -0.39 is 23.3 Å². The molecule has 0 aliphatic rings. The molecule has 6 nitrogen and oxygen atoms in total.